The van der Waals surface area contributed by atoms with Crippen molar-refractivity contribution in [1.82, 2.24) is 0 Å². The molecule has 22 heavy (non-hydrogen) atoms. The average molecular weight is 300 g/mol. The molecule has 4 bridgehead atoms. The summed E-state index contributed by atoms with van der Waals surface area (Å²) < 4.78 is 12.0. The highest BCUT2D eigenvalue weighted by molar-refractivity contribution is 5.20. The molecule has 4 aliphatic rings. The van der Waals surface area contributed by atoms with Crippen LogP contribution in [0.3, 0.4) is 0 Å². The topological polar surface area (TPSA) is 18.5 Å². The molecule has 0 saturated heterocycles. The third-order valence-electron chi connectivity index (χ3n) is 6.41. The van der Waals surface area contributed by atoms with E-state index < -0.39 is 0 Å². The van der Waals surface area contributed by atoms with E-state index in [4.69, 9.17) is 9.47 Å². The molecule has 0 aliphatic heterocycles. The number of ether oxygens (including phenoxy) is 2. The fraction of sp³-hybridized carbons (Fsp3) is 0.700. The van der Waals surface area contributed by atoms with Crippen LogP contribution in [-0.4, -0.2) is 19.3 Å². The Labute approximate surface area is 134 Å². The monoisotopic (exact) mass is 300 g/mol. The molecule has 4 aliphatic carbocycles. The van der Waals surface area contributed by atoms with Crippen LogP contribution in [0.1, 0.15) is 45.4 Å². The first-order chi connectivity index (χ1) is 10.7. The van der Waals surface area contributed by atoms with Gasteiger partial charge in [-0.3, -0.25) is 0 Å². The zero-order chi connectivity index (χ0) is 15.0. The molecule has 0 spiro atoms. The van der Waals surface area contributed by atoms with Crippen LogP contribution in [-0.2, 0) is 4.74 Å². The molecule has 1 aromatic rings. The van der Waals surface area contributed by atoms with Gasteiger partial charge < -0.3 is 9.47 Å². The van der Waals surface area contributed by atoms with E-state index in [0.29, 0.717) is 24.7 Å². The summed E-state index contributed by atoms with van der Waals surface area (Å²) in [6.45, 7) is 3.67. The van der Waals surface area contributed by atoms with E-state index in [2.05, 4.69) is 6.92 Å². The predicted molar refractivity (Wildman–Crippen MR) is 88.0 cm³/mol. The lowest BCUT2D eigenvalue weighted by Gasteiger charge is -2.58. The number of hydrogen-bond acceptors (Lipinski definition) is 2. The highest BCUT2D eigenvalue weighted by Crippen LogP contribution is 2.61. The van der Waals surface area contributed by atoms with Gasteiger partial charge in [-0.2, -0.15) is 0 Å². The fourth-order valence-corrected chi connectivity index (χ4v) is 5.75. The Morgan fingerprint density at radius 3 is 2.14 bits per heavy atom. The second kappa shape index (κ2) is 5.88. The van der Waals surface area contributed by atoms with Crippen LogP contribution >= 0.6 is 0 Å². The standard InChI is InChI=1S/C20H28O2/c1-15(21-7-8-22-19-5-3-2-4-6-19)20-12-16-9-17(13-20)11-18(10-16)14-20/h2-6,15-18H,7-14H2,1H3. The molecule has 1 aromatic carbocycles. The minimum atomic E-state index is 0.389. The van der Waals surface area contributed by atoms with Crippen LogP contribution < -0.4 is 4.74 Å². The lowest BCUT2D eigenvalue weighted by atomic mass is 9.48. The van der Waals surface area contributed by atoms with Gasteiger partial charge in [-0.05, 0) is 80.8 Å². The van der Waals surface area contributed by atoms with Crippen LogP contribution in [0.2, 0.25) is 0 Å². The zero-order valence-electron chi connectivity index (χ0n) is 13.7. The Morgan fingerprint density at radius 2 is 1.55 bits per heavy atom. The second-order valence-electron chi connectivity index (χ2n) is 7.95. The van der Waals surface area contributed by atoms with E-state index in [-0.39, 0.29) is 0 Å². The Bertz CT molecular complexity index is 460. The van der Waals surface area contributed by atoms with Gasteiger partial charge >= 0.3 is 0 Å². The third-order valence-corrected chi connectivity index (χ3v) is 6.41. The highest BCUT2D eigenvalue weighted by atomic mass is 16.5. The zero-order valence-corrected chi connectivity index (χ0v) is 13.7. The lowest BCUT2D eigenvalue weighted by molar-refractivity contribution is -0.137. The minimum absolute atomic E-state index is 0.389. The lowest BCUT2D eigenvalue weighted by Crippen LogP contribution is -2.51. The fourth-order valence-electron chi connectivity index (χ4n) is 5.75. The maximum Gasteiger partial charge on any atom is 0.119 e. The molecule has 2 nitrogen and oxygen atoms in total. The number of rotatable bonds is 6. The smallest absolute Gasteiger partial charge is 0.119 e. The van der Waals surface area contributed by atoms with E-state index >= 15 is 0 Å². The molecule has 4 saturated carbocycles. The molecule has 120 valence electrons. The Morgan fingerprint density at radius 1 is 0.955 bits per heavy atom. The third kappa shape index (κ3) is 2.78. The summed E-state index contributed by atoms with van der Waals surface area (Å²) >= 11 is 0. The summed E-state index contributed by atoms with van der Waals surface area (Å²) in [6.07, 6.45) is 9.15. The van der Waals surface area contributed by atoms with Crippen molar-refractivity contribution in [2.45, 2.75) is 51.6 Å². The van der Waals surface area contributed by atoms with Gasteiger partial charge in [-0.25, -0.2) is 0 Å². The summed E-state index contributed by atoms with van der Waals surface area (Å²) in [5.74, 6) is 3.93. The molecule has 0 heterocycles. The first kappa shape index (κ1) is 14.6. The molecule has 1 atom stereocenters. The van der Waals surface area contributed by atoms with Gasteiger partial charge in [0.2, 0.25) is 0 Å². The summed E-state index contributed by atoms with van der Waals surface area (Å²) in [6, 6.07) is 10.0. The minimum Gasteiger partial charge on any atom is -0.491 e. The number of benzene rings is 1. The van der Waals surface area contributed by atoms with Crippen molar-refractivity contribution in [2.75, 3.05) is 13.2 Å². The van der Waals surface area contributed by atoms with Crippen LogP contribution in [0.5, 0.6) is 5.75 Å². The molecule has 5 rings (SSSR count). The molecular weight excluding hydrogens is 272 g/mol. The van der Waals surface area contributed by atoms with Crippen molar-refractivity contribution in [3.8, 4) is 5.75 Å². The van der Waals surface area contributed by atoms with Gasteiger partial charge in [0.15, 0.2) is 0 Å². The van der Waals surface area contributed by atoms with Crippen LogP contribution in [0.25, 0.3) is 0 Å². The van der Waals surface area contributed by atoms with Crippen molar-refractivity contribution in [1.29, 1.82) is 0 Å². The largest absolute Gasteiger partial charge is 0.491 e. The SMILES string of the molecule is CC(OCCOc1ccccc1)C12CC3CC(CC(C3)C1)C2. The van der Waals surface area contributed by atoms with E-state index in [1.807, 2.05) is 30.3 Å². The quantitative estimate of drug-likeness (QED) is 0.710. The number of para-hydroxylation sites is 1. The maximum atomic E-state index is 6.22. The van der Waals surface area contributed by atoms with Crippen LogP contribution in [0.15, 0.2) is 30.3 Å². The molecule has 4 fully saturated rings. The van der Waals surface area contributed by atoms with E-state index in [0.717, 1.165) is 23.5 Å². The first-order valence-corrected chi connectivity index (χ1v) is 9.03. The van der Waals surface area contributed by atoms with Gasteiger partial charge in [-0.1, -0.05) is 18.2 Å². The predicted octanol–water partition coefficient (Wildman–Crippen LogP) is 4.69. The van der Waals surface area contributed by atoms with E-state index in [1.165, 1.54) is 38.5 Å². The van der Waals surface area contributed by atoms with Crippen LogP contribution in [0.4, 0.5) is 0 Å². The normalized spacial score (nSPS) is 37.2. The van der Waals surface area contributed by atoms with E-state index in [1.54, 1.807) is 0 Å². The van der Waals surface area contributed by atoms with Gasteiger partial charge in [0.1, 0.15) is 12.4 Å². The first-order valence-electron chi connectivity index (χ1n) is 9.03. The maximum absolute atomic E-state index is 6.22. The van der Waals surface area contributed by atoms with E-state index in [9.17, 15) is 0 Å². The number of hydrogen-bond donors (Lipinski definition) is 0. The van der Waals surface area contributed by atoms with Crippen molar-refractivity contribution >= 4 is 0 Å². The molecule has 0 N–H and O–H groups in total. The van der Waals surface area contributed by atoms with Crippen LogP contribution in [0, 0.1) is 23.2 Å². The Kier molecular flexibility index (Phi) is 3.89. The highest BCUT2D eigenvalue weighted by Gasteiger charge is 2.53. The summed E-state index contributed by atoms with van der Waals surface area (Å²) in [7, 11) is 0. The Hall–Kier alpha value is -1.02. The van der Waals surface area contributed by atoms with Crippen molar-refractivity contribution in [3.63, 3.8) is 0 Å². The molecule has 2 heteroatoms. The molecule has 1 unspecified atom stereocenters. The van der Waals surface area contributed by atoms with Crippen molar-refractivity contribution in [2.24, 2.45) is 23.2 Å². The average Bonchev–Trinajstić information content (AvgIpc) is 2.51. The molecule has 0 amide bonds. The Balaban J connectivity index is 1.28. The van der Waals surface area contributed by atoms with Gasteiger partial charge in [0.05, 0.1) is 12.7 Å². The van der Waals surface area contributed by atoms with Gasteiger partial charge in [-0.15, -0.1) is 0 Å². The van der Waals surface area contributed by atoms with Crippen molar-refractivity contribution in [3.05, 3.63) is 30.3 Å². The summed E-state index contributed by atoms with van der Waals surface area (Å²) in [4.78, 5) is 0. The summed E-state index contributed by atoms with van der Waals surface area (Å²) in [5, 5.41) is 0. The second-order valence-corrected chi connectivity index (χ2v) is 7.95. The molecule has 0 radical (unpaired) electrons. The van der Waals surface area contributed by atoms with Gasteiger partial charge in [0.25, 0.3) is 0 Å². The van der Waals surface area contributed by atoms with Gasteiger partial charge in [0, 0.05) is 0 Å². The molecule has 0 aromatic heterocycles. The molecular formula is C20H28O2. The van der Waals surface area contributed by atoms with Crippen molar-refractivity contribution < 1.29 is 9.47 Å². The summed E-state index contributed by atoms with van der Waals surface area (Å²) in [5.41, 5.74) is 0.488.